The van der Waals surface area contributed by atoms with Gasteiger partial charge in [-0.3, -0.25) is 4.79 Å². The van der Waals surface area contributed by atoms with Gasteiger partial charge in [-0.1, -0.05) is 24.3 Å². The van der Waals surface area contributed by atoms with E-state index in [-0.39, 0.29) is 5.91 Å². The highest BCUT2D eigenvalue weighted by atomic mass is 16.5. The van der Waals surface area contributed by atoms with Crippen molar-refractivity contribution in [2.45, 2.75) is 19.4 Å². The molecule has 1 aromatic carbocycles. The predicted molar refractivity (Wildman–Crippen MR) is 70.1 cm³/mol. The SMILES string of the molecule is NCCOCCC(=O)N1CCc2ccccc2C1. The van der Waals surface area contributed by atoms with Crippen molar-refractivity contribution in [1.29, 1.82) is 0 Å². The molecule has 0 saturated heterocycles. The second-order valence-corrected chi connectivity index (χ2v) is 4.49. The number of hydrogen-bond donors (Lipinski definition) is 1. The molecule has 0 aliphatic carbocycles. The summed E-state index contributed by atoms with van der Waals surface area (Å²) in [5, 5.41) is 0. The van der Waals surface area contributed by atoms with Crippen molar-refractivity contribution in [1.82, 2.24) is 4.90 Å². The van der Waals surface area contributed by atoms with Crippen molar-refractivity contribution in [2.75, 3.05) is 26.3 Å². The monoisotopic (exact) mass is 248 g/mol. The van der Waals surface area contributed by atoms with E-state index in [0.717, 1.165) is 19.5 Å². The van der Waals surface area contributed by atoms with E-state index < -0.39 is 0 Å². The Morgan fingerprint density at radius 2 is 2.06 bits per heavy atom. The standard InChI is InChI=1S/C14H20N2O2/c15-7-10-18-9-6-14(17)16-8-5-12-3-1-2-4-13(12)11-16/h1-4H,5-11,15H2. The normalized spacial score (nSPS) is 14.4. The van der Waals surface area contributed by atoms with Gasteiger partial charge in [0.05, 0.1) is 19.6 Å². The van der Waals surface area contributed by atoms with Crippen LogP contribution >= 0.6 is 0 Å². The molecule has 1 heterocycles. The van der Waals surface area contributed by atoms with E-state index in [9.17, 15) is 4.79 Å². The van der Waals surface area contributed by atoms with E-state index in [2.05, 4.69) is 18.2 Å². The Morgan fingerprint density at radius 1 is 1.28 bits per heavy atom. The molecule has 0 saturated carbocycles. The fourth-order valence-corrected chi connectivity index (χ4v) is 2.21. The van der Waals surface area contributed by atoms with Gasteiger partial charge in [0.25, 0.3) is 0 Å². The summed E-state index contributed by atoms with van der Waals surface area (Å²) in [7, 11) is 0. The highest BCUT2D eigenvalue weighted by Gasteiger charge is 2.19. The fraction of sp³-hybridized carbons (Fsp3) is 0.500. The number of rotatable bonds is 5. The molecule has 0 fully saturated rings. The van der Waals surface area contributed by atoms with Crippen LogP contribution in [0, 0.1) is 0 Å². The Hall–Kier alpha value is -1.39. The lowest BCUT2D eigenvalue weighted by Crippen LogP contribution is -2.36. The average Bonchev–Trinajstić information content (AvgIpc) is 2.43. The van der Waals surface area contributed by atoms with Crippen LogP contribution < -0.4 is 5.73 Å². The van der Waals surface area contributed by atoms with Crippen LogP contribution in [0.25, 0.3) is 0 Å². The molecule has 4 heteroatoms. The van der Waals surface area contributed by atoms with Gasteiger partial charge in [-0.25, -0.2) is 0 Å². The summed E-state index contributed by atoms with van der Waals surface area (Å²) in [6, 6.07) is 8.31. The first-order chi connectivity index (χ1) is 8.81. The highest BCUT2D eigenvalue weighted by Crippen LogP contribution is 2.18. The second kappa shape index (κ2) is 6.52. The molecule has 1 aromatic rings. The number of carbonyl (C=O) groups excluding carboxylic acids is 1. The Morgan fingerprint density at radius 3 is 2.83 bits per heavy atom. The van der Waals surface area contributed by atoms with Gasteiger partial charge in [-0.2, -0.15) is 0 Å². The number of hydrogen-bond acceptors (Lipinski definition) is 3. The summed E-state index contributed by atoms with van der Waals surface area (Å²) in [5.74, 6) is 0.168. The van der Waals surface area contributed by atoms with Gasteiger partial charge in [0, 0.05) is 19.6 Å². The molecule has 0 unspecified atom stereocenters. The molecular weight excluding hydrogens is 228 g/mol. The van der Waals surface area contributed by atoms with Crippen LogP contribution in [0.1, 0.15) is 17.5 Å². The topological polar surface area (TPSA) is 55.6 Å². The number of fused-ring (bicyclic) bond motifs is 1. The molecule has 0 aromatic heterocycles. The zero-order valence-corrected chi connectivity index (χ0v) is 10.6. The minimum atomic E-state index is 0.168. The quantitative estimate of drug-likeness (QED) is 0.789. The summed E-state index contributed by atoms with van der Waals surface area (Å²) < 4.78 is 5.24. The van der Waals surface area contributed by atoms with E-state index in [4.69, 9.17) is 10.5 Å². The average molecular weight is 248 g/mol. The van der Waals surface area contributed by atoms with Crippen LogP contribution in [0.3, 0.4) is 0 Å². The van der Waals surface area contributed by atoms with Crippen LogP contribution in [0.15, 0.2) is 24.3 Å². The minimum absolute atomic E-state index is 0.168. The molecule has 1 amide bonds. The number of benzene rings is 1. The maximum absolute atomic E-state index is 12.0. The second-order valence-electron chi connectivity index (χ2n) is 4.49. The van der Waals surface area contributed by atoms with Gasteiger partial charge in [0.2, 0.25) is 5.91 Å². The lowest BCUT2D eigenvalue weighted by Gasteiger charge is -2.28. The summed E-state index contributed by atoms with van der Waals surface area (Å²) in [4.78, 5) is 13.9. The fourth-order valence-electron chi connectivity index (χ4n) is 2.21. The first-order valence-corrected chi connectivity index (χ1v) is 6.43. The van der Waals surface area contributed by atoms with Gasteiger partial charge in [0.15, 0.2) is 0 Å². The molecule has 1 aliphatic heterocycles. The van der Waals surface area contributed by atoms with Gasteiger partial charge in [-0.05, 0) is 17.5 Å². The first-order valence-electron chi connectivity index (χ1n) is 6.43. The van der Waals surface area contributed by atoms with Crippen molar-refractivity contribution in [3.8, 4) is 0 Å². The van der Waals surface area contributed by atoms with E-state index in [0.29, 0.717) is 26.2 Å². The first kappa shape index (κ1) is 13.1. The molecule has 0 bridgehead atoms. The summed E-state index contributed by atoms with van der Waals surface area (Å²) in [5.41, 5.74) is 7.95. The Balaban J connectivity index is 1.83. The Kier molecular flexibility index (Phi) is 4.73. The minimum Gasteiger partial charge on any atom is -0.380 e. The third kappa shape index (κ3) is 3.31. The van der Waals surface area contributed by atoms with Crippen LogP contribution in [0.2, 0.25) is 0 Å². The third-order valence-corrected chi connectivity index (χ3v) is 3.21. The summed E-state index contributed by atoms with van der Waals surface area (Å²) in [6.45, 7) is 3.04. The smallest absolute Gasteiger partial charge is 0.225 e. The summed E-state index contributed by atoms with van der Waals surface area (Å²) in [6.07, 6.45) is 1.40. The van der Waals surface area contributed by atoms with E-state index in [1.807, 2.05) is 11.0 Å². The Bertz CT molecular complexity index is 407. The number of ether oxygens (including phenoxy) is 1. The lowest BCUT2D eigenvalue weighted by molar-refractivity contribution is -0.133. The molecule has 98 valence electrons. The van der Waals surface area contributed by atoms with Gasteiger partial charge >= 0.3 is 0 Å². The molecule has 1 aliphatic rings. The van der Waals surface area contributed by atoms with E-state index in [1.54, 1.807) is 0 Å². The molecular formula is C14H20N2O2. The van der Waals surface area contributed by atoms with Crippen LogP contribution in [0.5, 0.6) is 0 Å². The summed E-state index contributed by atoms with van der Waals surface area (Å²) >= 11 is 0. The van der Waals surface area contributed by atoms with E-state index >= 15 is 0 Å². The number of carbonyl (C=O) groups is 1. The number of nitrogens with two attached hydrogens (primary N) is 1. The highest BCUT2D eigenvalue weighted by molar-refractivity contribution is 5.76. The van der Waals surface area contributed by atoms with Crippen molar-refractivity contribution in [3.05, 3.63) is 35.4 Å². The van der Waals surface area contributed by atoms with Gasteiger partial charge in [-0.15, -0.1) is 0 Å². The molecule has 0 atom stereocenters. The predicted octanol–water partition coefficient (Wildman–Crippen LogP) is 0.937. The largest absolute Gasteiger partial charge is 0.380 e. The molecule has 2 rings (SSSR count). The van der Waals surface area contributed by atoms with Crippen molar-refractivity contribution in [3.63, 3.8) is 0 Å². The van der Waals surface area contributed by atoms with E-state index in [1.165, 1.54) is 11.1 Å². The molecule has 0 radical (unpaired) electrons. The molecule has 2 N–H and O–H groups in total. The van der Waals surface area contributed by atoms with Crippen molar-refractivity contribution < 1.29 is 9.53 Å². The molecule has 0 spiro atoms. The van der Waals surface area contributed by atoms with Crippen LogP contribution in [-0.2, 0) is 22.5 Å². The number of amides is 1. The maximum atomic E-state index is 12.0. The lowest BCUT2D eigenvalue weighted by atomic mass is 10.00. The third-order valence-electron chi connectivity index (χ3n) is 3.21. The Labute approximate surface area is 108 Å². The van der Waals surface area contributed by atoms with Gasteiger partial charge in [0.1, 0.15) is 0 Å². The molecule has 18 heavy (non-hydrogen) atoms. The molecule has 4 nitrogen and oxygen atoms in total. The van der Waals surface area contributed by atoms with Gasteiger partial charge < -0.3 is 15.4 Å². The van der Waals surface area contributed by atoms with Crippen LogP contribution in [0.4, 0.5) is 0 Å². The number of nitrogens with zero attached hydrogens (tertiary/aromatic N) is 1. The zero-order chi connectivity index (χ0) is 12.8. The van der Waals surface area contributed by atoms with Crippen LogP contribution in [-0.4, -0.2) is 37.1 Å². The zero-order valence-electron chi connectivity index (χ0n) is 10.6. The maximum Gasteiger partial charge on any atom is 0.225 e. The van der Waals surface area contributed by atoms with Crippen molar-refractivity contribution in [2.24, 2.45) is 5.73 Å². The van der Waals surface area contributed by atoms with Crippen molar-refractivity contribution >= 4 is 5.91 Å².